The smallest absolute Gasteiger partial charge is 0.268 e. The molecule has 34 heavy (non-hydrogen) atoms. The number of nitrogens with zero attached hydrogens (tertiary/aromatic N) is 1. The number of nitrogens with one attached hydrogen (secondary N) is 1. The van der Waals surface area contributed by atoms with Crippen molar-refractivity contribution in [3.63, 3.8) is 0 Å². The number of halogens is 2. The van der Waals surface area contributed by atoms with Gasteiger partial charge in [0.1, 0.15) is 0 Å². The van der Waals surface area contributed by atoms with Crippen LogP contribution in [0.15, 0.2) is 88.8 Å². The molecular weight excluding hydrogens is 515 g/mol. The van der Waals surface area contributed by atoms with Crippen LogP contribution in [0.2, 0.25) is 10.0 Å². The number of carbonyl (C=O) groups is 1. The maximum absolute atomic E-state index is 13.5. The van der Waals surface area contributed by atoms with Gasteiger partial charge in [0.25, 0.3) is 15.9 Å². The van der Waals surface area contributed by atoms with Crippen LogP contribution in [0.4, 0.5) is 11.4 Å². The monoisotopic (exact) mass is 534 g/mol. The van der Waals surface area contributed by atoms with Gasteiger partial charge in [-0.1, -0.05) is 41.4 Å². The van der Waals surface area contributed by atoms with Gasteiger partial charge in [-0.15, -0.1) is 11.8 Å². The molecule has 3 aromatic carbocycles. The lowest BCUT2D eigenvalue weighted by atomic mass is 10.2. The van der Waals surface area contributed by atoms with Gasteiger partial charge in [0, 0.05) is 34.2 Å². The average molecular weight is 535 g/mol. The van der Waals surface area contributed by atoms with Gasteiger partial charge >= 0.3 is 0 Å². The number of hydrogen-bond acceptors (Lipinski definition) is 5. The van der Waals surface area contributed by atoms with Crippen molar-refractivity contribution in [3.05, 3.63) is 94.6 Å². The molecule has 176 valence electrons. The summed E-state index contributed by atoms with van der Waals surface area (Å²) in [5, 5.41) is 12.6. The normalized spacial score (nSPS) is 15.5. The zero-order valence-corrected chi connectivity index (χ0v) is 20.8. The largest absolute Gasteiger partial charge is 0.396 e. The lowest BCUT2D eigenvalue weighted by Gasteiger charge is -2.21. The zero-order chi connectivity index (χ0) is 24.3. The summed E-state index contributed by atoms with van der Waals surface area (Å²) in [4.78, 5) is 13.4. The van der Waals surface area contributed by atoms with Crippen molar-refractivity contribution in [2.45, 2.75) is 21.5 Å². The number of thioether (sulfide) groups is 1. The predicted octanol–water partition coefficient (Wildman–Crippen LogP) is 5.81. The van der Waals surface area contributed by atoms with Crippen LogP contribution in [0.5, 0.6) is 0 Å². The van der Waals surface area contributed by atoms with Crippen molar-refractivity contribution in [1.29, 1.82) is 0 Å². The Morgan fingerprint density at radius 2 is 1.76 bits per heavy atom. The maximum Gasteiger partial charge on any atom is 0.268 e. The van der Waals surface area contributed by atoms with Gasteiger partial charge in [-0.3, -0.25) is 4.79 Å². The van der Waals surface area contributed by atoms with Gasteiger partial charge in [0.15, 0.2) is 0 Å². The lowest BCUT2D eigenvalue weighted by molar-refractivity contribution is 0.102. The number of benzene rings is 3. The van der Waals surface area contributed by atoms with Crippen LogP contribution in [0.25, 0.3) is 0 Å². The van der Waals surface area contributed by atoms with Crippen molar-refractivity contribution in [2.75, 3.05) is 16.2 Å². The summed E-state index contributed by atoms with van der Waals surface area (Å²) in [6.45, 7) is 0.00628. The quantitative estimate of drug-likeness (QED) is 0.416. The highest BCUT2D eigenvalue weighted by Gasteiger charge is 2.28. The van der Waals surface area contributed by atoms with Crippen LogP contribution in [0, 0.1) is 0 Å². The Morgan fingerprint density at radius 1 is 1.03 bits per heavy atom. The van der Waals surface area contributed by atoms with E-state index in [2.05, 4.69) is 5.32 Å². The summed E-state index contributed by atoms with van der Waals surface area (Å²) in [6.07, 6.45) is 3.83. The second-order valence-electron chi connectivity index (χ2n) is 7.39. The number of anilines is 2. The SMILES string of the molecule is O=C(Nc1ccc(S(=O)(=O)N2C=CC(CCO)Sc3ccccc32)cc1)c1ccc(Cl)c(Cl)c1. The third-order valence-corrected chi connectivity index (χ3v) is 8.82. The minimum absolute atomic E-state index is 0.00628. The number of aliphatic hydroxyl groups is 1. The number of carbonyl (C=O) groups excluding carboxylic acids is 1. The molecule has 0 aliphatic carbocycles. The predicted molar refractivity (Wildman–Crippen MR) is 137 cm³/mol. The minimum atomic E-state index is -3.92. The highest BCUT2D eigenvalue weighted by atomic mass is 35.5. The van der Waals surface area contributed by atoms with E-state index in [4.69, 9.17) is 23.2 Å². The Bertz CT molecular complexity index is 1350. The molecule has 1 amide bonds. The first kappa shape index (κ1) is 24.6. The Hall–Kier alpha value is -2.49. The van der Waals surface area contributed by atoms with Crippen molar-refractivity contribution >= 4 is 62.3 Å². The Labute approximate surface area is 212 Å². The number of aliphatic hydroxyl groups excluding tert-OH is 1. The highest BCUT2D eigenvalue weighted by molar-refractivity contribution is 8.00. The fourth-order valence-corrected chi connectivity index (χ4v) is 6.21. The Morgan fingerprint density at radius 3 is 2.47 bits per heavy atom. The molecule has 0 bridgehead atoms. The molecule has 0 fully saturated rings. The number of hydrogen-bond donors (Lipinski definition) is 2. The van der Waals surface area contributed by atoms with Crippen LogP contribution in [0.3, 0.4) is 0 Å². The lowest BCUT2D eigenvalue weighted by Crippen LogP contribution is -2.25. The first-order valence-corrected chi connectivity index (χ1v) is 13.3. The van der Waals surface area contributed by atoms with Crippen LogP contribution in [0.1, 0.15) is 16.8 Å². The van der Waals surface area contributed by atoms with Crippen LogP contribution in [-0.4, -0.2) is 31.3 Å². The molecule has 1 aliphatic heterocycles. The van der Waals surface area contributed by atoms with E-state index in [9.17, 15) is 18.3 Å². The van der Waals surface area contributed by atoms with Crippen LogP contribution >= 0.6 is 35.0 Å². The molecule has 0 radical (unpaired) electrons. The summed E-state index contributed by atoms with van der Waals surface area (Å²) in [5.74, 6) is -0.398. The Balaban J connectivity index is 1.59. The molecule has 10 heteroatoms. The molecule has 1 unspecified atom stereocenters. The van der Waals surface area contributed by atoms with Gasteiger partial charge < -0.3 is 10.4 Å². The standard InChI is InChI=1S/C24H20Cl2N2O4S2/c25-20-10-5-16(15-21(20)26)24(30)27-17-6-8-19(9-7-17)34(31,32)28-13-11-18(12-14-29)33-23-4-2-1-3-22(23)28/h1-11,13,15,18,29H,12,14H2,(H,27,30). The maximum atomic E-state index is 13.5. The fraction of sp³-hybridized carbons (Fsp3) is 0.125. The molecular formula is C24H20Cl2N2O4S2. The summed E-state index contributed by atoms with van der Waals surface area (Å²) >= 11 is 13.4. The first-order chi connectivity index (χ1) is 16.3. The van der Waals surface area contributed by atoms with Gasteiger partial charge in [-0.2, -0.15) is 0 Å². The molecule has 0 aromatic heterocycles. The molecule has 1 heterocycles. The topological polar surface area (TPSA) is 86.7 Å². The van der Waals surface area contributed by atoms with E-state index in [1.54, 1.807) is 24.3 Å². The highest BCUT2D eigenvalue weighted by Crippen LogP contribution is 2.39. The molecule has 4 rings (SSSR count). The third-order valence-electron chi connectivity index (χ3n) is 5.08. The molecule has 0 spiro atoms. The van der Waals surface area contributed by atoms with E-state index in [1.807, 2.05) is 12.1 Å². The van der Waals surface area contributed by atoms with E-state index < -0.39 is 15.9 Å². The van der Waals surface area contributed by atoms with E-state index in [0.717, 1.165) is 4.90 Å². The van der Waals surface area contributed by atoms with E-state index in [-0.39, 0.29) is 21.8 Å². The Kier molecular flexibility index (Phi) is 7.54. The molecule has 1 atom stereocenters. The van der Waals surface area contributed by atoms with Gasteiger partial charge in [0.2, 0.25) is 0 Å². The van der Waals surface area contributed by atoms with Crippen molar-refractivity contribution < 1.29 is 18.3 Å². The molecule has 3 aromatic rings. The third kappa shape index (κ3) is 5.26. The van der Waals surface area contributed by atoms with E-state index in [0.29, 0.717) is 28.4 Å². The zero-order valence-electron chi connectivity index (χ0n) is 17.7. The van der Waals surface area contributed by atoms with Crippen molar-refractivity contribution in [3.8, 4) is 0 Å². The molecule has 2 N–H and O–H groups in total. The van der Waals surface area contributed by atoms with E-state index >= 15 is 0 Å². The summed E-state index contributed by atoms with van der Waals surface area (Å²) in [5.41, 5.74) is 1.30. The number of rotatable bonds is 6. The summed E-state index contributed by atoms with van der Waals surface area (Å²) in [6, 6.07) is 17.7. The molecule has 0 saturated carbocycles. The molecule has 1 aliphatic rings. The number of para-hydroxylation sites is 1. The van der Waals surface area contributed by atoms with Gasteiger partial charge in [-0.05, 0) is 61.0 Å². The minimum Gasteiger partial charge on any atom is -0.396 e. The first-order valence-electron chi connectivity index (χ1n) is 10.3. The number of amides is 1. The number of fused-ring (bicyclic) bond motifs is 1. The van der Waals surface area contributed by atoms with Crippen molar-refractivity contribution in [2.24, 2.45) is 0 Å². The van der Waals surface area contributed by atoms with Gasteiger partial charge in [-0.25, -0.2) is 12.7 Å². The average Bonchev–Trinajstić information content (AvgIpc) is 3.01. The fourth-order valence-electron chi connectivity index (χ4n) is 3.35. The second kappa shape index (κ2) is 10.4. The van der Waals surface area contributed by atoms with E-state index in [1.165, 1.54) is 58.7 Å². The molecule has 0 saturated heterocycles. The van der Waals surface area contributed by atoms with Crippen molar-refractivity contribution in [1.82, 2.24) is 0 Å². The van der Waals surface area contributed by atoms with Crippen LogP contribution < -0.4 is 9.62 Å². The summed E-state index contributed by atoms with van der Waals surface area (Å²) in [7, 11) is -3.92. The van der Waals surface area contributed by atoms with Gasteiger partial charge in [0.05, 0.1) is 20.6 Å². The summed E-state index contributed by atoms with van der Waals surface area (Å²) < 4.78 is 28.2. The number of sulfonamides is 1. The van der Waals surface area contributed by atoms with Crippen LogP contribution in [-0.2, 0) is 10.0 Å². The molecule has 6 nitrogen and oxygen atoms in total. The second-order valence-corrected chi connectivity index (χ2v) is 11.3.